The Labute approximate surface area is 124 Å². The number of aromatic nitrogens is 4. The molecular formula is C14H21N5S. The molecule has 0 aliphatic heterocycles. The van der Waals surface area contributed by atoms with Crippen LogP contribution in [0.25, 0.3) is 0 Å². The fourth-order valence-corrected chi connectivity index (χ4v) is 2.55. The van der Waals surface area contributed by atoms with Gasteiger partial charge in [0.2, 0.25) is 5.16 Å². The van der Waals surface area contributed by atoms with Crippen molar-refractivity contribution >= 4 is 11.8 Å². The first-order valence-electron chi connectivity index (χ1n) is 6.60. The van der Waals surface area contributed by atoms with Crippen LogP contribution in [0.1, 0.15) is 31.9 Å². The second-order valence-corrected chi connectivity index (χ2v) is 6.91. The molecule has 0 radical (unpaired) electrons. The summed E-state index contributed by atoms with van der Waals surface area (Å²) in [4.78, 5) is 1.19. The van der Waals surface area contributed by atoms with Gasteiger partial charge in [-0.1, -0.05) is 17.7 Å². The van der Waals surface area contributed by atoms with Gasteiger partial charge in [-0.3, -0.25) is 0 Å². The lowest BCUT2D eigenvalue weighted by Gasteiger charge is -2.21. The molecule has 0 fully saturated rings. The van der Waals surface area contributed by atoms with Crippen molar-refractivity contribution in [3.8, 4) is 0 Å². The molecule has 1 aromatic carbocycles. The van der Waals surface area contributed by atoms with Crippen LogP contribution in [-0.2, 0) is 13.6 Å². The highest BCUT2D eigenvalue weighted by atomic mass is 32.2. The number of tetrazole rings is 1. The van der Waals surface area contributed by atoms with Crippen LogP contribution in [0.15, 0.2) is 28.3 Å². The minimum atomic E-state index is 0.0953. The maximum atomic E-state index is 4.03. The van der Waals surface area contributed by atoms with E-state index in [1.807, 2.05) is 7.05 Å². The zero-order valence-electron chi connectivity index (χ0n) is 12.6. The molecule has 0 aliphatic rings. The molecule has 0 atom stereocenters. The molecule has 1 heterocycles. The molecule has 5 nitrogen and oxygen atoms in total. The molecule has 108 valence electrons. The van der Waals surface area contributed by atoms with Crippen LogP contribution in [0.3, 0.4) is 0 Å². The van der Waals surface area contributed by atoms with Gasteiger partial charge in [0, 0.05) is 24.0 Å². The van der Waals surface area contributed by atoms with Crippen molar-refractivity contribution in [3.05, 3.63) is 29.3 Å². The first-order chi connectivity index (χ1) is 9.35. The average Bonchev–Trinajstić information content (AvgIpc) is 2.74. The summed E-state index contributed by atoms with van der Waals surface area (Å²) in [6.07, 6.45) is 0. The summed E-state index contributed by atoms with van der Waals surface area (Å²) in [6.45, 7) is 9.45. The predicted octanol–water partition coefficient (Wildman–Crippen LogP) is 2.56. The smallest absolute Gasteiger partial charge is 0.213 e. The molecule has 20 heavy (non-hydrogen) atoms. The van der Waals surface area contributed by atoms with Gasteiger partial charge in [0.05, 0.1) is 0 Å². The van der Waals surface area contributed by atoms with E-state index in [2.05, 4.69) is 66.7 Å². The van der Waals surface area contributed by atoms with Crippen LogP contribution in [0.4, 0.5) is 0 Å². The van der Waals surface area contributed by atoms with Crippen molar-refractivity contribution in [1.29, 1.82) is 0 Å². The van der Waals surface area contributed by atoms with Crippen LogP contribution >= 0.6 is 11.8 Å². The Balaban J connectivity index is 2.21. The molecule has 0 spiro atoms. The monoisotopic (exact) mass is 291 g/mol. The molecule has 2 aromatic rings. The van der Waals surface area contributed by atoms with E-state index in [0.29, 0.717) is 0 Å². The highest BCUT2D eigenvalue weighted by molar-refractivity contribution is 7.99. The normalized spacial score (nSPS) is 11.8. The lowest BCUT2D eigenvalue weighted by atomic mass is 10.1. The molecule has 1 aromatic heterocycles. The minimum Gasteiger partial charge on any atom is -0.308 e. The van der Waals surface area contributed by atoms with Gasteiger partial charge in [0.15, 0.2) is 0 Å². The zero-order chi connectivity index (χ0) is 14.8. The molecule has 0 amide bonds. The van der Waals surface area contributed by atoms with Crippen LogP contribution < -0.4 is 5.32 Å². The summed E-state index contributed by atoms with van der Waals surface area (Å²) in [6, 6.07) is 6.46. The first kappa shape index (κ1) is 15.0. The topological polar surface area (TPSA) is 55.6 Å². The van der Waals surface area contributed by atoms with Gasteiger partial charge in [-0.25, -0.2) is 4.68 Å². The van der Waals surface area contributed by atoms with Gasteiger partial charge in [-0.2, -0.15) is 0 Å². The van der Waals surface area contributed by atoms with Gasteiger partial charge in [0.25, 0.3) is 0 Å². The largest absolute Gasteiger partial charge is 0.308 e. The van der Waals surface area contributed by atoms with E-state index in [1.54, 1.807) is 16.4 Å². The van der Waals surface area contributed by atoms with Gasteiger partial charge in [-0.15, -0.1) is 5.10 Å². The molecule has 0 aliphatic carbocycles. The number of nitrogens with zero attached hydrogens (tertiary/aromatic N) is 4. The number of benzene rings is 1. The Morgan fingerprint density at radius 2 is 2.05 bits per heavy atom. The highest BCUT2D eigenvalue weighted by Gasteiger charge is 2.13. The van der Waals surface area contributed by atoms with Crippen molar-refractivity contribution in [2.75, 3.05) is 0 Å². The van der Waals surface area contributed by atoms with E-state index < -0.39 is 0 Å². The molecule has 0 saturated carbocycles. The third-order valence-corrected chi connectivity index (χ3v) is 3.95. The lowest BCUT2D eigenvalue weighted by molar-refractivity contribution is 0.422. The first-order valence-corrected chi connectivity index (χ1v) is 7.41. The molecule has 1 N–H and O–H groups in total. The molecule has 0 bridgehead atoms. The molecule has 0 saturated heterocycles. The summed E-state index contributed by atoms with van der Waals surface area (Å²) in [7, 11) is 1.85. The zero-order valence-corrected chi connectivity index (χ0v) is 13.5. The lowest BCUT2D eigenvalue weighted by Crippen LogP contribution is -2.35. The second-order valence-electron chi connectivity index (χ2n) is 5.90. The summed E-state index contributed by atoms with van der Waals surface area (Å²) in [5.41, 5.74) is 2.63. The van der Waals surface area contributed by atoms with Crippen LogP contribution in [0, 0.1) is 6.92 Å². The van der Waals surface area contributed by atoms with Crippen LogP contribution in [-0.4, -0.2) is 25.7 Å². The number of hydrogen-bond donors (Lipinski definition) is 1. The Morgan fingerprint density at radius 1 is 1.30 bits per heavy atom. The summed E-state index contributed by atoms with van der Waals surface area (Å²) in [5.74, 6) is 0. The molecule has 6 heteroatoms. The summed E-state index contributed by atoms with van der Waals surface area (Å²) < 4.78 is 1.69. The van der Waals surface area contributed by atoms with E-state index in [-0.39, 0.29) is 5.54 Å². The maximum Gasteiger partial charge on any atom is 0.213 e. The minimum absolute atomic E-state index is 0.0953. The highest BCUT2D eigenvalue weighted by Crippen LogP contribution is 2.29. The third kappa shape index (κ3) is 4.05. The summed E-state index contributed by atoms with van der Waals surface area (Å²) >= 11 is 1.59. The summed E-state index contributed by atoms with van der Waals surface area (Å²) in [5, 5.41) is 15.9. The molecule has 0 unspecified atom stereocenters. The van der Waals surface area contributed by atoms with Crippen molar-refractivity contribution in [1.82, 2.24) is 25.5 Å². The molecular weight excluding hydrogens is 270 g/mol. The van der Waals surface area contributed by atoms with E-state index in [4.69, 9.17) is 0 Å². The van der Waals surface area contributed by atoms with E-state index in [1.165, 1.54) is 16.0 Å². The Bertz CT molecular complexity index is 585. The Kier molecular flexibility index (Phi) is 4.45. The van der Waals surface area contributed by atoms with Crippen molar-refractivity contribution in [2.45, 2.75) is 49.8 Å². The van der Waals surface area contributed by atoms with E-state index >= 15 is 0 Å². The number of hydrogen-bond acceptors (Lipinski definition) is 5. The SMILES string of the molecule is Cc1ccc(Sc2nnnn2C)c(CNC(C)(C)C)c1. The van der Waals surface area contributed by atoms with E-state index in [0.717, 1.165) is 11.7 Å². The van der Waals surface area contributed by atoms with Gasteiger partial charge < -0.3 is 5.32 Å². The average molecular weight is 291 g/mol. The standard InChI is InChI=1S/C14H21N5S/c1-10-6-7-12(20-13-16-17-18-19(13)5)11(8-10)9-15-14(2,3)4/h6-8,15H,9H2,1-5H3. The van der Waals surface area contributed by atoms with Crippen molar-refractivity contribution in [2.24, 2.45) is 7.05 Å². The third-order valence-electron chi connectivity index (χ3n) is 2.81. The fourth-order valence-electron chi connectivity index (χ4n) is 1.71. The van der Waals surface area contributed by atoms with E-state index in [9.17, 15) is 0 Å². The van der Waals surface area contributed by atoms with Crippen molar-refractivity contribution in [3.63, 3.8) is 0 Å². The fraction of sp³-hybridized carbons (Fsp3) is 0.500. The second kappa shape index (κ2) is 5.93. The van der Waals surface area contributed by atoms with Gasteiger partial charge >= 0.3 is 0 Å². The van der Waals surface area contributed by atoms with Crippen molar-refractivity contribution < 1.29 is 0 Å². The Hall–Kier alpha value is -1.40. The Morgan fingerprint density at radius 3 is 2.65 bits per heavy atom. The number of aryl methyl sites for hydroxylation is 2. The molecule has 2 rings (SSSR count). The van der Waals surface area contributed by atoms with Crippen LogP contribution in [0.5, 0.6) is 0 Å². The maximum absolute atomic E-state index is 4.03. The quantitative estimate of drug-likeness (QED) is 0.938. The van der Waals surface area contributed by atoms with Gasteiger partial charge in [0.1, 0.15) is 0 Å². The predicted molar refractivity (Wildman–Crippen MR) is 80.7 cm³/mol. The number of rotatable bonds is 4. The van der Waals surface area contributed by atoms with Gasteiger partial charge in [-0.05, 0) is 61.5 Å². The van der Waals surface area contributed by atoms with Crippen LogP contribution in [0.2, 0.25) is 0 Å². The number of nitrogens with one attached hydrogen (secondary N) is 1.